The molecule has 0 N–H and O–H groups in total. The molecule has 1 aromatic heterocycles. The van der Waals surface area contributed by atoms with Crippen LogP contribution in [0.2, 0.25) is 5.02 Å². The molecule has 31 heavy (non-hydrogen) atoms. The molecule has 10 heteroatoms. The molecule has 0 spiro atoms. The highest BCUT2D eigenvalue weighted by Crippen LogP contribution is 2.37. The van der Waals surface area contributed by atoms with Crippen molar-refractivity contribution in [3.63, 3.8) is 0 Å². The molecular weight excluding hydrogens is 442 g/mol. The number of hydrogen-bond acceptors (Lipinski definition) is 8. The summed E-state index contributed by atoms with van der Waals surface area (Å²) in [6.45, 7) is 5.46. The van der Waals surface area contributed by atoms with Crippen molar-refractivity contribution in [2.75, 3.05) is 26.7 Å². The molecule has 166 valence electrons. The van der Waals surface area contributed by atoms with Crippen LogP contribution in [-0.4, -0.2) is 59.0 Å². The average molecular weight is 466 g/mol. The summed E-state index contributed by atoms with van der Waals surface area (Å²) in [5, 5.41) is 0.858. The predicted octanol–water partition coefficient (Wildman–Crippen LogP) is 3.80. The van der Waals surface area contributed by atoms with Gasteiger partial charge in [-0.2, -0.15) is 0 Å². The van der Waals surface area contributed by atoms with Crippen molar-refractivity contribution in [3.8, 4) is 17.0 Å². The van der Waals surface area contributed by atoms with E-state index >= 15 is 0 Å². The van der Waals surface area contributed by atoms with Crippen LogP contribution in [0.5, 0.6) is 5.75 Å². The maximum Gasteiger partial charge on any atom is 0.326 e. The smallest absolute Gasteiger partial charge is 0.326 e. The molecule has 1 aromatic carbocycles. The summed E-state index contributed by atoms with van der Waals surface area (Å²) in [5.74, 6) is -0.268. The van der Waals surface area contributed by atoms with Crippen molar-refractivity contribution in [3.05, 3.63) is 34.5 Å². The number of fused-ring (bicyclic) bond motifs is 1. The molecule has 0 aliphatic carbocycles. The number of nitrogens with zero attached hydrogens (tertiary/aromatic N) is 3. The third-order valence-corrected chi connectivity index (χ3v) is 5.15. The normalized spacial score (nSPS) is 13.4. The second-order valence-electron chi connectivity index (χ2n) is 7.83. The Morgan fingerprint density at radius 1 is 1.26 bits per heavy atom. The van der Waals surface area contributed by atoms with Crippen LogP contribution in [0.3, 0.4) is 0 Å². The zero-order chi connectivity index (χ0) is 22.8. The van der Waals surface area contributed by atoms with Crippen molar-refractivity contribution in [2.45, 2.75) is 38.1 Å². The lowest BCUT2D eigenvalue weighted by molar-refractivity contribution is -0.155. The fourth-order valence-electron chi connectivity index (χ4n) is 3.08. The number of ether oxygens (including phenoxy) is 3. The number of esters is 1. The third kappa shape index (κ3) is 5.47. The van der Waals surface area contributed by atoms with E-state index in [1.807, 2.05) is 6.26 Å². The number of methoxy groups -OCH3 is 1. The molecule has 0 saturated carbocycles. The fourth-order valence-corrected chi connectivity index (χ4v) is 3.70. The van der Waals surface area contributed by atoms with Crippen molar-refractivity contribution >= 4 is 35.2 Å². The van der Waals surface area contributed by atoms with Gasteiger partial charge in [-0.05, 0) is 45.2 Å². The highest BCUT2D eigenvalue weighted by molar-refractivity contribution is 7.98. The molecule has 1 amide bonds. The number of carbonyl (C=O) groups excluding carboxylic acids is 2. The Balaban J connectivity index is 1.94. The van der Waals surface area contributed by atoms with Gasteiger partial charge in [0.1, 0.15) is 23.6 Å². The van der Waals surface area contributed by atoms with E-state index in [9.17, 15) is 9.59 Å². The summed E-state index contributed by atoms with van der Waals surface area (Å²) >= 11 is 7.83. The van der Waals surface area contributed by atoms with Gasteiger partial charge in [-0.15, -0.1) is 0 Å². The van der Waals surface area contributed by atoms with Crippen molar-refractivity contribution in [2.24, 2.45) is 0 Å². The first-order valence-electron chi connectivity index (χ1n) is 9.50. The first-order chi connectivity index (χ1) is 14.6. The Morgan fingerprint density at radius 2 is 1.97 bits per heavy atom. The maximum absolute atomic E-state index is 13.0. The topological polar surface area (TPSA) is 90.9 Å². The van der Waals surface area contributed by atoms with E-state index in [0.717, 1.165) is 0 Å². The lowest BCUT2D eigenvalue weighted by Crippen LogP contribution is -2.35. The van der Waals surface area contributed by atoms with E-state index in [2.05, 4.69) is 9.97 Å². The second-order valence-corrected chi connectivity index (χ2v) is 9.01. The Hall–Kier alpha value is -2.36. The minimum atomic E-state index is -0.635. The van der Waals surface area contributed by atoms with Gasteiger partial charge in [0.05, 0.1) is 17.3 Å². The van der Waals surface area contributed by atoms with Gasteiger partial charge in [0.2, 0.25) is 0 Å². The number of amides is 1. The van der Waals surface area contributed by atoms with Gasteiger partial charge in [0.15, 0.2) is 11.9 Å². The van der Waals surface area contributed by atoms with Gasteiger partial charge in [0, 0.05) is 18.2 Å². The molecule has 0 fully saturated rings. The van der Waals surface area contributed by atoms with Crippen molar-refractivity contribution in [1.82, 2.24) is 14.9 Å². The van der Waals surface area contributed by atoms with Crippen LogP contribution < -0.4 is 4.74 Å². The molecular formula is C21H24ClN3O5S. The number of aromatic nitrogens is 2. The van der Waals surface area contributed by atoms with Gasteiger partial charge in [-0.1, -0.05) is 23.4 Å². The molecule has 0 saturated heterocycles. The predicted molar refractivity (Wildman–Crippen MR) is 117 cm³/mol. The molecule has 8 nitrogen and oxygen atoms in total. The summed E-state index contributed by atoms with van der Waals surface area (Å²) in [4.78, 5) is 35.6. The van der Waals surface area contributed by atoms with Crippen molar-refractivity contribution < 1.29 is 23.8 Å². The average Bonchev–Trinajstić information content (AvgIpc) is 3.00. The van der Waals surface area contributed by atoms with Crippen LogP contribution in [0.15, 0.2) is 23.4 Å². The monoisotopic (exact) mass is 465 g/mol. The molecule has 2 heterocycles. The van der Waals surface area contributed by atoms with Gasteiger partial charge in [-0.25, -0.2) is 9.97 Å². The first kappa shape index (κ1) is 23.3. The standard InChI is InChI=1S/C21H24ClN3O5S/c1-21(2,3)30-16(26)10-25-9-14-17(23-20(31-5)24-18(14)19(25)27)13-7-6-12(8-15(13)22)29-11-28-4/h6-8H,9-11H2,1-5H3. The van der Waals surface area contributed by atoms with Gasteiger partial charge < -0.3 is 19.1 Å². The van der Waals surface area contributed by atoms with E-state index in [0.29, 0.717) is 32.7 Å². The van der Waals surface area contributed by atoms with Crippen LogP contribution in [0.1, 0.15) is 36.8 Å². The lowest BCUT2D eigenvalue weighted by atomic mass is 10.1. The molecule has 1 aliphatic heterocycles. The first-order valence-corrected chi connectivity index (χ1v) is 11.1. The SMILES string of the molecule is COCOc1ccc(-c2nc(SC)nc3c2CN(CC(=O)OC(C)(C)C)C3=O)c(Cl)c1. The van der Waals surface area contributed by atoms with Crippen LogP contribution >= 0.6 is 23.4 Å². The zero-order valence-corrected chi connectivity index (χ0v) is 19.6. The molecule has 0 atom stereocenters. The summed E-state index contributed by atoms with van der Waals surface area (Å²) < 4.78 is 15.7. The number of benzene rings is 1. The highest BCUT2D eigenvalue weighted by Gasteiger charge is 2.35. The Kier molecular flexibility index (Phi) is 7.08. The fraction of sp³-hybridized carbons (Fsp3) is 0.429. The number of rotatable bonds is 7. The van der Waals surface area contributed by atoms with Crippen LogP contribution in [0.4, 0.5) is 0 Å². The molecule has 1 aliphatic rings. The number of hydrogen-bond donors (Lipinski definition) is 0. The van der Waals surface area contributed by atoms with E-state index in [1.165, 1.54) is 23.8 Å². The molecule has 0 bridgehead atoms. The number of halogens is 1. The molecule has 2 aromatic rings. The van der Waals surface area contributed by atoms with Crippen LogP contribution in [0.25, 0.3) is 11.3 Å². The third-order valence-electron chi connectivity index (χ3n) is 4.29. The highest BCUT2D eigenvalue weighted by atomic mass is 35.5. The van der Waals surface area contributed by atoms with E-state index in [4.69, 9.17) is 25.8 Å². The van der Waals surface area contributed by atoms with Gasteiger partial charge in [-0.3, -0.25) is 9.59 Å². The quantitative estimate of drug-likeness (QED) is 0.264. The zero-order valence-electron chi connectivity index (χ0n) is 18.0. The number of thioether (sulfide) groups is 1. The van der Waals surface area contributed by atoms with Gasteiger partial charge in [0.25, 0.3) is 5.91 Å². The summed E-state index contributed by atoms with van der Waals surface area (Å²) in [6.07, 6.45) is 1.83. The van der Waals surface area contributed by atoms with E-state index in [1.54, 1.807) is 39.0 Å². The maximum atomic E-state index is 13.0. The second kappa shape index (κ2) is 9.42. The minimum absolute atomic E-state index is 0.101. The molecule has 3 rings (SSSR count). The molecule has 0 unspecified atom stereocenters. The lowest BCUT2D eigenvalue weighted by Gasteiger charge is -2.22. The Morgan fingerprint density at radius 3 is 2.58 bits per heavy atom. The van der Waals surface area contributed by atoms with E-state index in [-0.39, 0.29) is 31.5 Å². The largest absolute Gasteiger partial charge is 0.468 e. The minimum Gasteiger partial charge on any atom is -0.468 e. The Bertz CT molecular complexity index is 1010. The molecule has 0 radical (unpaired) electrons. The summed E-state index contributed by atoms with van der Waals surface area (Å²) in [7, 11) is 1.53. The summed E-state index contributed by atoms with van der Waals surface area (Å²) in [5.41, 5.74) is 1.46. The van der Waals surface area contributed by atoms with Crippen LogP contribution in [0, 0.1) is 0 Å². The summed E-state index contributed by atoms with van der Waals surface area (Å²) in [6, 6.07) is 5.20. The van der Waals surface area contributed by atoms with E-state index < -0.39 is 11.6 Å². The Labute approximate surface area is 190 Å². The van der Waals surface area contributed by atoms with Gasteiger partial charge >= 0.3 is 5.97 Å². The van der Waals surface area contributed by atoms with Crippen LogP contribution in [-0.2, 0) is 20.8 Å². The van der Waals surface area contributed by atoms with Crippen molar-refractivity contribution in [1.29, 1.82) is 0 Å². The number of carbonyl (C=O) groups is 2.